The first-order valence-corrected chi connectivity index (χ1v) is 15.3. The molecule has 1 saturated heterocycles. The molecule has 1 N–H and O–H groups in total. The number of nitrogens with one attached hydrogen (secondary N) is 1. The van der Waals surface area contributed by atoms with E-state index in [0.717, 1.165) is 56.5 Å². The average Bonchev–Trinajstić information content (AvgIpc) is 3.47. The second-order valence-electron chi connectivity index (χ2n) is 10.1. The number of allylic oxidation sites excluding steroid dienone is 1. The molecule has 2 aliphatic rings. The van der Waals surface area contributed by atoms with Gasteiger partial charge in [-0.25, -0.2) is 0 Å². The molecule has 204 valence electrons. The van der Waals surface area contributed by atoms with E-state index in [0.29, 0.717) is 12.1 Å². The number of carbonyl (C=O) groups is 1. The fourth-order valence-electron chi connectivity index (χ4n) is 5.39. The standard InChI is InChI=1S/C33H35N5OS/c39-33(30-17-9-11-27-12-10-20-34-32(27)30)35-19-7-8-21-36-22-24-37(25-23-36)31-18-26-40(29-15-5-2-6-16-29)38(31)28-13-3-1-4-14-28/h1-6,9-18,20,26H,7-8,19,21-25H2,(H,35,39). The van der Waals surface area contributed by atoms with Gasteiger partial charge in [-0.15, -0.1) is 0 Å². The summed E-state index contributed by atoms with van der Waals surface area (Å²) in [6.45, 7) is 5.86. The van der Waals surface area contributed by atoms with E-state index in [1.165, 1.54) is 16.4 Å². The molecule has 3 heterocycles. The van der Waals surface area contributed by atoms with Crippen molar-refractivity contribution < 1.29 is 4.79 Å². The fraction of sp³-hybridized carbons (Fsp3) is 0.242. The Balaban J connectivity index is 0.984. The Hall–Kier alpha value is -3.94. The molecule has 1 aromatic heterocycles. The van der Waals surface area contributed by atoms with Gasteiger partial charge in [0.05, 0.1) is 16.8 Å². The monoisotopic (exact) mass is 549 g/mol. The highest BCUT2D eigenvalue weighted by atomic mass is 32.2. The summed E-state index contributed by atoms with van der Waals surface area (Å²) in [6, 6.07) is 31.2. The lowest BCUT2D eigenvalue weighted by Gasteiger charge is -2.40. The number of hydrogen-bond donors (Lipinski definition) is 1. The zero-order valence-electron chi connectivity index (χ0n) is 22.7. The van der Waals surface area contributed by atoms with Crippen LogP contribution in [0.2, 0.25) is 0 Å². The summed E-state index contributed by atoms with van der Waals surface area (Å²) in [4.78, 5) is 23.6. The van der Waals surface area contributed by atoms with Gasteiger partial charge in [-0.05, 0) is 67.2 Å². The maximum Gasteiger partial charge on any atom is 0.253 e. The van der Waals surface area contributed by atoms with Gasteiger partial charge < -0.3 is 10.2 Å². The molecule has 1 unspecified atom stereocenters. The number of benzene rings is 3. The number of para-hydroxylation sites is 2. The minimum absolute atomic E-state index is 0.0444. The number of carbonyl (C=O) groups excluding carboxylic acids is 1. The van der Waals surface area contributed by atoms with Crippen molar-refractivity contribution in [1.29, 1.82) is 0 Å². The first-order valence-electron chi connectivity index (χ1n) is 14.1. The third kappa shape index (κ3) is 5.81. The molecule has 1 amide bonds. The molecule has 7 heteroatoms. The third-order valence-corrected chi connectivity index (χ3v) is 9.43. The summed E-state index contributed by atoms with van der Waals surface area (Å²) in [6.07, 6.45) is 6.08. The molecule has 6 nitrogen and oxygen atoms in total. The van der Waals surface area contributed by atoms with Gasteiger partial charge in [0, 0.05) is 49.2 Å². The van der Waals surface area contributed by atoms with Gasteiger partial charge in [0.25, 0.3) is 5.91 Å². The predicted octanol–water partition coefficient (Wildman–Crippen LogP) is 5.77. The highest BCUT2D eigenvalue weighted by Gasteiger charge is 2.28. The van der Waals surface area contributed by atoms with E-state index in [2.05, 4.69) is 96.5 Å². The summed E-state index contributed by atoms with van der Waals surface area (Å²) in [7, 11) is -0.131. The number of piperazine rings is 1. The minimum Gasteiger partial charge on any atom is -0.355 e. The van der Waals surface area contributed by atoms with E-state index in [1.54, 1.807) is 6.20 Å². The lowest BCUT2D eigenvalue weighted by atomic mass is 10.1. The van der Waals surface area contributed by atoms with Crippen molar-refractivity contribution in [1.82, 2.24) is 20.1 Å². The van der Waals surface area contributed by atoms with Gasteiger partial charge in [-0.2, -0.15) is 0 Å². The van der Waals surface area contributed by atoms with Crippen molar-refractivity contribution in [3.8, 4) is 0 Å². The number of amides is 1. The number of nitrogens with zero attached hydrogens (tertiary/aromatic N) is 4. The fourth-order valence-corrected chi connectivity index (χ4v) is 7.29. The summed E-state index contributed by atoms with van der Waals surface area (Å²) in [5, 5.41) is 6.43. The number of fused-ring (bicyclic) bond motifs is 1. The smallest absolute Gasteiger partial charge is 0.253 e. The molecule has 0 radical (unpaired) electrons. The number of aromatic nitrogens is 1. The van der Waals surface area contributed by atoms with Gasteiger partial charge in [0.1, 0.15) is 5.82 Å². The highest BCUT2D eigenvalue weighted by molar-refractivity contribution is 8.16. The Morgan fingerprint density at radius 3 is 2.38 bits per heavy atom. The number of unbranched alkanes of at least 4 members (excludes halogenated alkanes) is 1. The molecule has 0 spiro atoms. The Kier molecular flexibility index (Phi) is 8.21. The van der Waals surface area contributed by atoms with E-state index < -0.39 is 0 Å². The normalized spacial score (nSPS) is 17.5. The van der Waals surface area contributed by atoms with Gasteiger partial charge in [0.15, 0.2) is 0 Å². The van der Waals surface area contributed by atoms with Crippen LogP contribution in [0.4, 0.5) is 5.69 Å². The molecule has 6 rings (SSSR count). The third-order valence-electron chi connectivity index (χ3n) is 7.49. The van der Waals surface area contributed by atoms with E-state index in [1.807, 2.05) is 30.3 Å². The van der Waals surface area contributed by atoms with Crippen LogP contribution >= 0.6 is 10.7 Å². The molecule has 0 saturated carbocycles. The van der Waals surface area contributed by atoms with E-state index in [-0.39, 0.29) is 16.6 Å². The molecule has 3 aromatic carbocycles. The Labute approximate surface area is 239 Å². The number of rotatable bonds is 9. The molecule has 2 aliphatic heterocycles. The van der Waals surface area contributed by atoms with Crippen LogP contribution in [0.5, 0.6) is 0 Å². The van der Waals surface area contributed by atoms with Crippen LogP contribution in [-0.2, 0) is 0 Å². The summed E-state index contributed by atoms with van der Waals surface area (Å²) >= 11 is 0. The maximum absolute atomic E-state index is 12.7. The van der Waals surface area contributed by atoms with Crippen molar-refractivity contribution in [3.05, 3.63) is 115 Å². The molecule has 1 atom stereocenters. The molecule has 0 aliphatic carbocycles. The molecule has 1 fully saturated rings. The quantitative estimate of drug-likeness (QED) is 0.212. The van der Waals surface area contributed by atoms with E-state index >= 15 is 0 Å². The summed E-state index contributed by atoms with van der Waals surface area (Å²) in [5.41, 5.74) is 2.64. The van der Waals surface area contributed by atoms with Crippen LogP contribution in [0.15, 0.2) is 114 Å². The first kappa shape index (κ1) is 26.3. The Bertz CT molecular complexity index is 1510. The van der Waals surface area contributed by atoms with Gasteiger partial charge in [-0.3, -0.25) is 19.0 Å². The summed E-state index contributed by atoms with van der Waals surface area (Å²) < 4.78 is 2.50. The van der Waals surface area contributed by atoms with Crippen molar-refractivity contribution in [2.24, 2.45) is 0 Å². The van der Waals surface area contributed by atoms with Crippen molar-refractivity contribution in [2.45, 2.75) is 17.7 Å². The van der Waals surface area contributed by atoms with Gasteiger partial charge in [0.2, 0.25) is 0 Å². The zero-order valence-corrected chi connectivity index (χ0v) is 23.5. The SMILES string of the molecule is O=C(NCCCCN1CCN(C2=CC=S(c3ccccc3)N2c2ccccc2)CC1)c1cccc2cccnc12. The van der Waals surface area contributed by atoms with E-state index in [9.17, 15) is 4.79 Å². The number of pyridine rings is 1. The molecule has 0 bridgehead atoms. The largest absolute Gasteiger partial charge is 0.355 e. The average molecular weight is 550 g/mol. The van der Waals surface area contributed by atoms with Gasteiger partial charge >= 0.3 is 0 Å². The van der Waals surface area contributed by atoms with Crippen LogP contribution in [0.25, 0.3) is 10.9 Å². The second kappa shape index (κ2) is 12.5. The lowest BCUT2D eigenvalue weighted by Crippen LogP contribution is -2.48. The van der Waals surface area contributed by atoms with Crippen LogP contribution in [0.1, 0.15) is 23.2 Å². The van der Waals surface area contributed by atoms with Crippen LogP contribution in [-0.4, -0.2) is 65.3 Å². The highest BCUT2D eigenvalue weighted by Crippen LogP contribution is 2.42. The molecular formula is C33H35N5OS. The van der Waals surface area contributed by atoms with Crippen molar-refractivity contribution >= 4 is 38.5 Å². The topological polar surface area (TPSA) is 51.7 Å². The van der Waals surface area contributed by atoms with Crippen LogP contribution in [0.3, 0.4) is 0 Å². The molecular weight excluding hydrogens is 514 g/mol. The minimum atomic E-state index is -0.131. The van der Waals surface area contributed by atoms with Crippen LogP contribution < -0.4 is 9.62 Å². The second-order valence-corrected chi connectivity index (χ2v) is 11.8. The van der Waals surface area contributed by atoms with E-state index in [4.69, 9.17) is 0 Å². The van der Waals surface area contributed by atoms with Crippen molar-refractivity contribution in [2.75, 3.05) is 43.6 Å². The summed E-state index contributed by atoms with van der Waals surface area (Å²) in [5.74, 6) is 1.25. The Morgan fingerprint density at radius 2 is 1.57 bits per heavy atom. The maximum atomic E-state index is 12.7. The molecule has 40 heavy (non-hydrogen) atoms. The predicted molar refractivity (Wildman–Crippen MR) is 167 cm³/mol. The Morgan fingerprint density at radius 1 is 0.825 bits per heavy atom. The van der Waals surface area contributed by atoms with Crippen molar-refractivity contribution in [3.63, 3.8) is 0 Å². The molecule has 4 aromatic rings. The first-order chi connectivity index (χ1) is 19.8. The van der Waals surface area contributed by atoms with Crippen LogP contribution in [0, 0.1) is 0 Å². The number of hydrogen-bond acceptors (Lipinski definition) is 5. The zero-order chi connectivity index (χ0) is 27.1. The van der Waals surface area contributed by atoms with Gasteiger partial charge in [-0.1, -0.05) is 65.3 Å². The number of anilines is 1. The lowest BCUT2D eigenvalue weighted by molar-refractivity contribution is 0.0953.